The number of nitrogens with zero attached hydrogens (tertiary/aromatic N) is 2. The number of fused-ring (bicyclic) bond motifs is 4. The Bertz CT molecular complexity index is 1590. The number of H-pyrrole nitrogens is 1. The van der Waals surface area contributed by atoms with Crippen LogP contribution >= 0.6 is 0 Å². The summed E-state index contributed by atoms with van der Waals surface area (Å²) < 4.78 is 0. The lowest BCUT2D eigenvalue weighted by molar-refractivity contribution is -0.120. The number of unbranched alkanes of at least 4 members (excludes halogenated alkanes) is 1. The van der Waals surface area contributed by atoms with Crippen molar-refractivity contribution in [3.63, 3.8) is 0 Å². The number of anilines is 1. The SMILES string of the molecule is CCCC[C@@H](CC)CNC(=O)c1ccccc1N1C(=O)[C@@H]2Cc3c([nH]c4ccccc34)[C@@H](c3ccccc3)N2C1=O. The van der Waals surface area contributed by atoms with E-state index in [2.05, 4.69) is 30.2 Å². The van der Waals surface area contributed by atoms with Crippen LogP contribution in [0.1, 0.15) is 72.8 Å². The van der Waals surface area contributed by atoms with Gasteiger partial charge in [0.05, 0.1) is 11.3 Å². The first kappa shape index (κ1) is 26.8. The summed E-state index contributed by atoms with van der Waals surface area (Å²) in [6.45, 7) is 4.87. The minimum atomic E-state index is -0.672. The first-order chi connectivity index (χ1) is 20.0. The molecule has 0 bridgehead atoms. The normalized spacial score (nSPS) is 18.9. The molecule has 3 aromatic carbocycles. The quantitative estimate of drug-likeness (QED) is 0.231. The van der Waals surface area contributed by atoms with Crippen LogP contribution in [0.5, 0.6) is 0 Å². The largest absolute Gasteiger partial charge is 0.356 e. The molecule has 0 radical (unpaired) electrons. The molecular weight excluding hydrogens is 512 g/mol. The number of hydrogen-bond donors (Lipinski definition) is 2. The van der Waals surface area contributed by atoms with Crippen molar-refractivity contribution in [1.82, 2.24) is 15.2 Å². The Kier molecular flexibility index (Phi) is 7.35. The smallest absolute Gasteiger partial charge is 0.332 e. The Balaban J connectivity index is 1.36. The monoisotopic (exact) mass is 548 g/mol. The van der Waals surface area contributed by atoms with Crippen LogP contribution in [-0.2, 0) is 11.2 Å². The highest BCUT2D eigenvalue weighted by molar-refractivity contribution is 6.24. The summed E-state index contributed by atoms with van der Waals surface area (Å²) in [5.74, 6) is -0.177. The van der Waals surface area contributed by atoms with E-state index in [9.17, 15) is 14.4 Å². The lowest BCUT2D eigenvalue weighted by atomic mass is 9.89. The van der Waals surface area contributed by atoms with Crippen LogP contribution in [-0.4, -0.2) is 40.3 Å². The molecule has 41 heavy (non-hydrogen) atoms. The average Bonchev–Trinajstić information content (AvgIpc) is 3.50. The molecule has 7 heteroatoms. The summed E-state index contributed by atoms with van der Waals surface area (Å²) in [6, 6.07) is 23.3. The second-order valence-electron chi connectivity index (χ2n) is 11.1. The highest BCUT2D eigenvalue weighted by Gasteiger charge is 2.53. The number of amides is 4. The number of urea groups is 1. The van der Waals surface area contributed by atoms with Crippen LogP contribution in [0.3, 0.4) is 0 Å². The van der Waals surface area contributed by atoms with Crippen molar-refractivity contribution in [1.29, 1.82) is 0 Å². The summed E-state index contributed by atoms with van der Waals surface area (Å²) >= 11 is 0. The van der Waals surface area contributed by atoms with Crippen LogP contribution in [0.15, 0.2) is 78.9 Å². The zero-order valence-corrected chi connectivity index (χ0v) is 23.6. The molecule has 0 saturated carbocycles. The first-order valence-corrected chi connectivity index (χ1v) is 14.7. The fourth-order valence-electron chi connectivity index (χ4n) is 6.41. The average molecular weight is 549 g/mol. The van der Waals surface area contributed by atoms with Gasteiger partial charge in [-0.3, -0.25) is 14.5 Å². The van der Waals surface area contributed by atoms with Crippen LogP contribution in [0.4, 0.5) is 10.5 Å². The predicted octanol–water partition coefficient (Wildman–Crippen LogP) is 6.60. The van der Waals surface area contributed by atoms with Gasteiger partial charge in [0.15, 0.2) is 0 Å². The molecule has 0 aliphatic carbocycles. The molecule has 3 heterocycles. The Morgan fingerprint density at radius 1 is 0.976 bits per heavy atom. The van der Waals surface area contributed by atoms with Gasteiger partial charge in [-0.25, -0.2) is 9.69 Å². The van der Waals surface area contributed by atoms with Gasteiger partial charge in [-0.1, -0.05) is 93.8 Å². The standard InChI is InChI=1S/C34H36N4O3/c1-3-5-13-22(4-2)21-35-32(39)25-17-10-12-19-28(25)38-33(40)29-20-26-24-16-9-11-18-27(24)36-30(26)31(37(29)34(38)41)23-14-7-6-8-15-23/h6-12,14-19,22,29,31,36H,3-5,13,20-21H2,1-2H3,(H,35,39)/t22-,29+,31-/m1/s1. The number of para-hydroxylation sites is 2. The maximum absolute atomic E-state index is 14.3. The predicted molar refractivity (Wildman–Crippen MR) is 161 cm³/mol. The number of aromatic amines is 1. The van der Waals surface area contributed by atoms with Crippen molar-refractivity contribution in [3.05, 3.63) is 101 Å². The van der Waals surface area contributed by atoms with Crippen molar-refractivity contribution >= 4 is 34.4 Å². The van der Waals surface area contributed by atoms with Gasteiger partial charge in [-0.05, 0) is 41.7 Å². The van der Waals surface area contributed by atoms with Gasteiger partial charge in [0.25, 0.3) is 11.8 Å². The van der Waals surface area contributed by atoms with Crippen molar-refractivity contribution in [2.24, 2.45) is 5.92 Å². The number of imide groups is 1. The number of carbonyl (C=O) groups excluding carboxylic acids is 3. The molecule has 2 N–H and O–H groups in total. The molecule has 4 aromatic rings. The number of benzene rings is 3. The summed E-state index contributed by atoms with van der Waals surface area (Å²) in [5.41, 5.74) is 4.57. The molecule has 3 atom stereocenters. The number of nitrogens with one attached hydrogen (secondary N) is 2. The van der Waals surface area contributed by atoms with Crippen LogP contribution in [0, 0.1) is 5.92 Å². The maximum Gasteiger partial charge on any atom is 0.332 e. The molecule has 7 nitrogen and oxygen atoms in total. The van der Waals surface area contributed by atoms with Crippen LogP contribution in [0.2, 0.25) is 0 Å². The molecule has 1 aromatic heterocycles. The van der Waals surface area contributed by atoms with Crippen molar-refractivity contribution < 1.29 is 14.4 Å². The minimum absolute atomic E-state index is 0.267. The lowest BCUT2D eigenvalue weighted by Crippen LogP contribution is -2.44. The Morgan fingerprint density at radius 2 is 1.71 bits per heavy atom. The molecule has 0 spiro atoms. The molecule has 1 saturated heterocycles. The number of aromatic nitrogens is 1. The van der Waals surface area contributed by atoms with Crippen molar-refractivity contribution in [2.45, 2.75) is 58.0 Å². The molecule has 0 unspecified atom stereocenters. The van der Waals surface area contributed by atoms with E-state index in [0.717, 1.165) is 53.4 Å². The highest BCUT2D eigenvalue weighted by atomic mass is 16.2. The molecule has 6 rings (SSSR count). The van der Waals surface area contributed by atoms with Gasteiger partial charge in [-0.15, -0.1) is 0 Å². The fourth-order valence-corrected chi connectivity index (χ4v) is 6.41. The maximum atomic E-state index is 14.3. The highest BCUT2D eigenvalue weighted by Crippen LogP contribution is 2.45. The second-order valence-corrected chi connectivity index (χ2v) is 11.1. The molecule has 4 amide bonds. The number of hydrogen-bond acceptors (Lipinski definition) is 3. The third-order valence-corrected chi connectivity index (χ3v) is 8.65. The Labute approximate surface area is 240 Å². The Morgan fingerprint density at radius 3 is 2.49 bits per heavy atom. The third kappa shape index (κ3) is 4.69. The fraction of sp³-hybridized carbons (Fsp3) is 0.324. The van der Waals surface area contributed by atoms with E-state index in [1.807, 2.05) is 48.5 Å². The van der Waals surface area contributed by atoms with Gasteiger partial charge in [0, 0.05) is 29.6 Å². The van der Waals surface area contributed by atoms with E-state index in [1.165, 1.54) is 4.90 Å². The van der Waals surface area contributed by atoms with Gasteiger partial charge in [0.1, 0.15) is 12.1 Å². The summed E-state index contributed by atoms with van der Waals surface area (Å²) in [4.78, 5) is 48.3. The summed E-state index contributed by atoms with van der Waals surface area (Å²) in [7, 11) is 0. The van der Waals surface area contributed by atoms with Crippen molar-refractivity contribution in [2.75, 3.05) is 11.4 Å². The first-order valence-electron chi connectivity index (χ1n) is 14.7. The number of carbonyl (C=O) groups is 3. The molecule has 2 aliphatic rings. The van der Waals surface area contributed by atoms with E-state index >= 15 is 0 Å². The van der Waals surface area contributed by atoms with Crippen LogP contribution in [0.25, 0.3) is 10.9 Å². The zero-order chi connectivity index (χ0) is 28.5. The van der Waals surface area contributed by atoms with Crippen molar-refractivity contribution in [3.8, 4) is 0 Å². The molecule has 210 valence electrons. The second kappa shape index (κ2) is 11.2. The van der Waals surface area contributed by atoms with Crippen LogP contribution < -0.4 is 10.2 Å². The van der Waals surface area contributed by atoms with E-state index < -0.39 is 18.1 Å². The topological polar surface area (TPSA) is 85.5 Å². The molecule has 2 aliphatic heterocycles. The molecular formula is C34H36N4O3. The number of rotatable bonds is 9. The molecule has 1 fully saturated rings. The van der Waals surface area contributed by atoms with E-state index in [4.69, 9.17) is 0 Å². The van der Waals surface area contributed by atoms with E-state index in [-0.39, 0.29) is 11.8 Å². The van der Waals surface area contributed by atoms with E-state index in [1.54, 1.807) is 29.2 Å². The lowest BCUT2D eigenvalue weighted by Gasteiger charge is -2.36. The summed E-state index contributed by atoms with van der Waals surface area (Å²) in [5, 5.41) is 4.14. The van der Waals surface area contributed by atoms with E-state index in [0.29, 0.717) is 30.1 Å². The Hall–Kier alpha value is -4.39. The van der Waals surface area contributed by atoms with Gasteiger partial charge in [-0.2, -0.15) is 0 Å². The summed E-state index contributed by atoms with van der Waals surface area (Å²) in [6.07, 6.45) is 4.70. The van der Waals surface area contributed by atoms with Gasteiger partial charge < -0.3 is 10.3 Å². The minimum Gasteiger partial charge on any atom is -0.356 e. The van der Waals surface area contributed by atoms with Gasteiger partial charge in [0.2, 0.25) is 0 Å². The van der Waals surface area contributed by atoms with Gasteiger partial charge >= 0.3 is 6.03 Å². The third-order valence-electron chi connectivity index (χ3n) is 8.65. The zero-order valence-electron chi connectivity index (χ0n) is 23.6.